The molecule has 222 valence electrons. The Morgan fingerprint density at radius 3 is 2.63 bits per heavy atom. The van der Waals surface area contributed by atoms with Crippen LogP contribution in [0, 0.1) is 11.8 Å². The molecule has 5 rings (SSSR count). The highest BCUT2D eigenvalue weighted by Crippen LogP contribution is 2.38. The van der Waals surface area contributed by atoms with E-state index in [4.69, 9.17) is 23.7 Å². The van der Waals surface area contributed by atoms with Crippen LogP contribution in [0.15, 0.2) is 64.3 Å². The van der Waals surface area contributed by atoms with Gasteiger partial charge < -0.3 is 23.7 Å². The maximum Gasteiger partial charge on any atom is 0.330 e. The average molecular weight is 675 g/mol. The maximum atomic E-state index is 13.0. The first kappa shape index (κ1) is 30.7. The summed E-state index contributed by atoms with van der Waals surface area (Å²) in [7, 11) is 0. The predicted octanol–water partition coefficient (Wildman–Crippen LogP) is 7.64. The van der Waals surface area contributed by atoms with Gasteiger partial charge in [0.25, 0.3) is 0 Å². The Bertz CT molecular complexity index is 1170. The fourth-order valence-electron chi connectivity index (χ4n) is 6.61. The van der Waals surface area contributed by atoms with Gasteiger partial charge >= 0.3 is 5.97 Å². The minimum absolute atomic E-state index is 0.0102. The van der Waals surface area contributed by atoms with Crippen LogP contribution in [-0.2, 0) is 28.5 Å². The number of esters is 1. The van der Waals surface area contributed by atoms with E-state index in [1.165, 1.54) is 5.57 Å². The summed E-state index contributed by atoms with van der Waals surface area (Å²) in [6, 6.07) is 8.34. The van der Waals surface area contributed by atoms with Crippen molar-refractivity contribution < 1.29 is 28.5 Å². The third-order valence-corrected chi connectivity index (χ3v) is 9.76. The van der Waals surface area contributed by atoms with Crippen LogP contribution in [-0.4, -0.2) is 49.2 Å². The van der Waals surface area contributed by atoms with Crippen LogP contribution in [0.1, 0.15) is 76.7 Å². The number of hydrogen-bond acceptors (Lipinski definition) is 6. The van der Waals surface area contributed by atoms with Gasteiger partial charge in [0.1, 0.15) is 6.10 Å². The standard InChI is InChI=1S/C34H43IO6/c1-21-16-27-11-7-13-31(36)41-33-23(3)30(40-32(24(33)4)22(2)20-35)12-6-9-25-8-5-10-26(18-25)34-37-15-14-28(39-34)19-29(17-21)38-27/h5-10,13,18,20,23-24,27-30,32-34H,1,11-12,14-17,19H2,2-4H3/b9-6-,13-7-,22-20+/t23-,24-,27-,28-,29+,30+,32-,33-,34-/m0/s1. The van der Waals surface area contributed by atoms with Crippen LogP contribution in [0.4, 0.5) is 0 Å². The highest BCUT2D eigenvalue weighted by Gasteiger charge is 2.43. The van der Waals surface area contributed by atoms with Crippen molar-refractivity contribution in [3.05, 3.63) is 75.4 Å². The van der Waals surface area contributed by atoms with Gasteiger partial charge in [0.2, 0.25) is 0 Å². The maximum absolute atomic E-state index is 13.0. The first-order chi connectivity index (χ1) is 19.8. The molecule has 1 aromatic rings. The van der Waals surface area contributed by atoms with Gasteiger partial charge in [-0.2, -0.15) is 0 Å². The first-order valence-electron chi connectivity index (χ1n) is 15.0. The summed E-state index contributed by atoms with van der Waals surface area (Å²) < 4.78 is 33.7. The second-order valence-electron chi connectivity index (χ2n) is 12.0. The van der Waals surface area contributed by atoms with Gasteiger partial charge in [0.05, 0.1) is 37.1 Å². The van der Waals surface area contributed by atoms with E-state index in [0.29, 0.717) is 13.0 Å². The normalized spacial score (nSPS) is 38.7. The largest absolute Gasteiger partial charge is 0.458 e. The number of carbonyl (C=O) groups is 1. The molecule has 0 spiro atoms. The lowest BCUT2D eigenvalue weighted by Gasteiger charge is -2.44. The van der Waals surface area contributed by atoms with Crippen molar-refractivity contribution in [1.82, 2.24) is 0 Å². The highest BCUT2D eigenvalue weighted by atomic mass is 127. The number of benzene rings is 1. The van der Waals surface area contributed by atoms with E-state index < -0.39 is 6.29 Å². The first-order valence-corrected chi connectivity index (χ1v) is 16.2. The molecule has 3 fully saturated rings. The van der Waals surface area contributed by atoms with Crippen molar-refractivity contribution >= 4 is 34.6 Å². The van der Waals surface area contributed by atoms with E-state index in [1.807, 2.05) is 12.1 Å². The number of fused-ring (bicyclic) bond motifs is 9. The zero-order valence-electron chi connectivity index (χ0n) is 24.4. The van der Waals surface area contributed by atoms with Crippen molar-refractivity contribution in [3.63, 3.8) is 0 Å². The Balaban J connectivity index is 1.42. The van der Waals surface area contributed by atoms with Gasteiger partial charge in [0.15, 0.2) is 6.29 Å². The Hall–Kier alpha value is -1.78. The van der Waals surface area contributed by atoms with Gasteiger partial charge in [-0.15, -0.1) is 0 Å². The van der Waals surface area contributed by atoms with Crippen molar-refractivity contribution in [1.29, 1.82) is 0 Å². The summed E-state index contributed by atoms with van der Waals surface area (Å²) in [5.41, 5.74) is 4.43. The Morgan fingerprint density at radius 2 is 1.80 bits per heavy atom. The number of ether oxygens (including phenoxy) is 5. The molecule has 0 aromatic heterocycles. The molecule has 0 aliphatic carbocycles. The van der Waals surface area contributed by atoms with Crippen molar-refractivity contribution in [3.8, 4) is 0 Å². The minimum atomic E-state index is -0.391. The van der Waals surface area contributed by atoms with Crippen LogP contribution in [0.5, 0.6) is 0 Å². The van der Waals surface area contributed by atoms with Crippen LogP contribution in [0.3, 0.4) is 0 Å². The lowest BCUT2D eigenvalue weighted by atomic mass is 9.79. The van der Waals surface area contributed by atoms with Gasteiger partial charge in [-0.1, -0.05) is 85.0 Å². The monoisotopic (exact) mass is 674 g/mol. The van der Waals surface area contributed by atoms with Crippen molar-refractivity contribution in [2.75, 3.05) is 6.61 Å². The molecule has 0 amide bonds. The molecule has 7 heteroatoms. The molecule has 4 heterocycles. The molecular formula is C34H43IO6. The van der Waals surface area contributed by atoms with E-state index in [1.54, 1.807) is 6.08 Å². The van der Waals surface area contributed by atoms with Crippen LogP contribution in [0.2, 0.25) is 0 Å². The molecule has 4 aliphatic rings. The number of rotatable bonds is 1. The molecule has 3 saturated heterocycles. The Kier molecular flexibility index (Phi) is 10.6. The summed E-state index contributed by atoms with van der Waals surface area (Å²) in [6.07, 6.45) is 11.6. The van der Waals surface area contributed by atoms with E-state index >= 15 is 0 Å². The molecule has 9 atom stereocenters. The molecule has 0 radical (unpaired) electrons. The minimum Gasteiger partial charge on any atom is -0.458 e. The van der Waals surface area contributed by atoms with Gasteiger partial charge in [-0.25, -0.2) is 4.79 Å². The lowest BCUT2D eigenvalue weighted by Crippen LogP contribution is -2.50. The van der Waals surface area contributed by atoms with Crippen LogP contribution < -0.4 is 0 Å². The predicted molar refractivity (Wildman–Crippen MR) is 168 cm³/mol. The Morgan fingerprint density at radius 1 is 1.00 bits per heavy atom. The third kappa shape index (κ3) is 7.79. The van der Waals surface area contributed by atoms with Crippen LogP contribution in [0.25, 0.3) is 6.08 Å². The fourth-order valence-corrected chi connectivity index (χ4v) is 6.96. The number of halogens is 1. The summed E-state index contributed by atoms with van der Waals surface area (Å²) in [4.78, 5) is 13.0. The molecule has 0 saturated carbocycles. The molecule has 4 aliphatic heterocycles. The SMILES string of the molecule is C=C1C[C@@H]2C[C@@H]3CCO[C@@H](O3)c3cccc(c3)/C=C\C[C@H]3O[C@@H](/C(C)=C/I)[C@H](C)[C@@H](OC(=O)/C=C\C[C@@H](C1)O2)[C@H]3C. The Labute approximate surface area is 258 Å². The zero-order chi connectivity index (χ0) is 28.9. The molecule has 41 heavy (non-hydrogen) atoms. The van der Waals surface area contributed by atoms with Gasteiger partial charge in [-0.05, 0) is 60.3 Å². The van der Waals surface area contributed by atoms with Crippen molar-refractivity contribution in [2.45, 2.75) is 102 Å². The summed E-state index contributed by atoms with van der Waals surface area (Å²) >= 11 is 2.26. The van der Waals surface area contributed by atoms with E-state index in [0.717, 1.165) is 48.8 Å². The number of carbonyl (C=O) groups excluding carboxylic acids is 1. The third-order valence-electron chi connectivity index (χ3n) is 8.78. The van der Waals surface area contributed by atoms with Gasteiger partial charge in [-0.3, -0.25) is 0 Å². The van der Waals surface area contributed by atoms with E-state index in [-0.39, 0.29) is 54.4 Å². The van der Waals surface area contributed by atoms with E-state index in [2.05, 4.69) is 84.4 Å². The second-order valence-corrected chi connectivity index (χ2v) is 12.7. The quantitative estimate of drug-likeness (QED) is 0.174. The summed E-state index contributed by atoms with van der Waals surface area (Å²) in [6.45, 7) is 11.3. The van der Waals surface area contributed by atoms with E-state index in [9.17, 15) is 4.79 Å². The molecule has 0 unspecified atom stereocenters. The number of hydrogen-bond donors (Lipinski definition) is 0. The second kappa shape index (κ2) is 14.1. The average Bonchev–Trinajstić information content (AvgIpc) is 2.95. The van der Waals surface area contributed by atoms with Crippen molar-refractivity contribution in [2.24, 2.45) is 11.8 Å². The summed E-state index contributed by atoms with van der Waals surface area (Å²) in [5.74, 6) is -0.232. The fraction of sp³-hybridized carbons (Fsp3) is 0.559. The topological polar surface area (TPSA) is 63.2 Å². The molecular weight excluding hydrogens is 631 g/mol. The molecule has 1 aromatic carbocycles. The molecule has 0 N–H and O–H groups in total. The smallest absolute Gasteiger partial charge is 0.330 e. The lowest BCUT2D eigenvalue weighted by molar-refractivity contribution is -0.225. The molecule has 6 nitrogen and oxygen atoms in total. The van der Waals surface area contributed by atoms with Gasteiger partial charge in [0, 0.05) is 29.9 Å². The summed E-state index contributed by atoms with van der Waals surface area (Å²) in [5, 5.41) is 0. The zero-order valence-corrected chi connectivity index (χ0v) is 26.5. The highest BCUT2D eigenvalue weighted by molar-refractivity contribution is 14.1. The van der Waals surface area contributed by atoms with Crippen LogP contribution >= 0.6 is 22.6 Å². The molecule has 8 bridgehead atoms.